The van der Waals surface area contributed by atoms with Crippen molar-refractivity contribution in [2.45, 2.75) is 25.6 Å². The smallest absolute Gasteiger partial charge is 0.226 e. The van der Waals surface area contributed by atoms with E-state index in [1.54, 1.807) is 12.0 Å². The predicted octanol–water partition coefficient (Wildman–Crippen LogP) is 2.84. The topological polar surface area (TPSA) is 38.8 Å². The number of carbonyl (C=O) groups excluding carboxylic acids is 1. The van der Waals surface area contributed by atoms with Gasteiger partial charge in [0.2, 0.25) is 5.91 Å². The Bertz CT molecular complexity index is 714. The predicted molar refractivity (Wildman–Crippen MR) is 93.1 cm³/mol. The molecule has 0 spiro atoms. The molecule has 2 aromatic rings. The van der Waals surface area contributed by atoms with E-state index in [0.29, 0.717) is 19.6 Å². The second-order valence-electron chi connectivity index (χ2n) is 6.21. The summed E-state index contributed by atoms with van der Waals surface area (Å²) in [7, 11) is 3.47. The lowest BCUT2D eigenvalue weighted by Crippen LogP contribution is -2.38. The molecule has 0 aromatic heterocycles. The van der Waals surface area contributed by atoms with Gasteiger partial charge in [-0.1, -0.05) is 36.4 Å². The highest BCUT2D eigenvalue weighted by Crippen LogP contribution is 2.21. The van der Waals surface area contributed by atoms with Crippen molar-refractivity contribution in [1.82, 2.24) is 4.90 Å². The number of methoxy groups -OCH3 is 1. The average Bonchev–Trinajstić information content (AvgIpc) is 2.61. The molecule has 1 atom stereocenters. The van der Waals surface area contributed by atoms with Crippen LogP contribution in [0.1, 0.15) is 16.7 Å². The van der Waals surface area contributed by atoms with Crippen LogP contribution in [-0.2, 0) is 29.0 Å². The minimum atomic E-state index is 0.0548. The first-order valence-electron chi connectivity index (χ1n) is 8.21. The molecule has 1 heterocycles. The summed E-state index contributed by atoms with van der Waals surface area (Å²) in [5.74, 6) is 0.862. The molecule has 0 radical (unpaired) electrons. The van der Waals surface area contributed by atoms with Gasteiger partial charge in [-0.2, -0.15) is 0 Å². The maximum Gasteiger partial charge on any atom is 0.226 e. The number of rotatable bonds is 5. The molecule has 0 saturated carbocycles. The molecule has 0 aliphatic carbocycles. The molecule has 1 unspecified atom stereocenters. The third-order valence-electron chi connectivity index (χ3n) is 4.43. The third kappa shape index (κ3) is 3.95. The lowest BCUT2D eigenvalue weighted by atomic mass is 9.99. The van der Waals surface area contributed by atoms with Crippen molar-refractivity contribution in [2.24, 2.45) is 0 Å². The molecular weight excluding hydrogens is 302 g/mol. The Labute approximate surface area is 143 Å². The summed E-state index contributed by atoms with van der Waals surface area (Å²) in [6.07, 6.45) is 1.28. The lowest BCUT2D eigenvalue weighted by molar-refractivity contribution is -0.131. The zero-order valence-electron chi connectivity index (χ0n) is 14.2. The van der Waals surface area contributed by atoms with Gasteiger partial charge in [-0.3, -0.25) is 4.79 Å². The van der Waals surface area contributed by atoms with Crippen LogP contribution in [0.2, 0.25) is 0 Å². The zero-order chi connectivity index (χ0) is 16.9. The van der Waals surface area contributed by atoms with Crippen molar-refractivity contribution in [3.05, 3.63) is 65.2 Å². The Morgan fingerprint density at radius 2 is 2.00 bits per heavy atom. The quantitative estimate of drug-likeness (QED) is 0.848. The fourth-order valence-corrected chi connectivity index (χ4v) is 3.03. The molecule has 0 fully saturated rings. The first kappa shape index (κ1) is 16.5. The van der Waals surface area contributed by atoms with Crippen molar-refractivity contribution < 1.29 is 14.3 Å². The first-order valence-corrected chi connectivity index (χ1v) is 8.21. The van der Waals surface area contributed by atoms with Crippen LogP contribution in [-0.4, -0.2) is 37.6 Å². The van der Waals surface area contributed by atoms with Gasteiger partial charge < -0.3 is 14.4 Å². The maximum absolute atomic E-state index is 12.5. The number of hydrogen-bond acceptors (Lipinski definition) is 3. The Hall–Kier alpha value is -2.33. The number of benzene rings is 2. The van der Waals surface area contributed by atoms with Gasteiger partial charge in [-0.25, -0.2) is 0 Å². The van der Waals surface area contributed by atoms with Gasteiger partial charge in [0.15, 0.2) is 0 Å². The molecule has 1 amide bonds. The van der Waals surface area contributed by atoms with E-state index in [1.807, 2.05) is 37.4 Å². The monoisotopic (exact) mass is 325 g/mol. The number of fused-ring (bicyclic) bond motifs is 1. The molecule has 4 nitrogen and oxygen atoms in total. The van der Waals surface area contributed by atoms with Gasteiger partial charge in [-0.05, 0) is 28.8 Å². The summed E-state index contributed by atoms with van der Waals surface area (Å²) in [6, 6.07) is 16.0. The molecule has 4 heteroatoms. The molecular formula is C20H23NO3. The molecule has 0 N–H and O–H groups in total. The van der Waals surface area contributed by atoms with Gasteiger partial charge in [0.05, 0.1) is 26.2 Å². The van der Waals surface area contributed by atoms with Crippen LogP contribution in [0.3, 0.4) is 0 Å². The van der Waals surface area contributed by atoms with Crippen LogP contribution in [0.4, 0.5) is 0 Å². The largest absolute Gasteiger partial charge is 0.497 e. The summed E-state index contributed by atoms with van der Waals surface area (Å²) < 4.78 is 11.1. The van der Waals surface area contributed by atoms with Crippen molar-refractivity contribution in [3.8, 4) is 5.75 Å². The molecule has 0 saturated heterocycles. The number of ether oxygens (including phenoxy) is 2. The SMILES string of the molecule is COc1cccc(CC(=O)N(C)CC2Cc3ccccc3CO2)c1. The van der Waals surface area contributed by atoms with Crippen molar-refractivity contribution >= 4 is 5.91 Å². The van der Waals surface area contributed by atoms with Crippen molar-refractivity contribution in [3.63, 3.8) is 0 Å². The summed E-state index contributed by atoms with van der Waals surface area (Å²) >= 11 is 0. The second kappa shape index (κ2) is 7.49. The van der Waals surface area contributed by atoms with E-state index in [2.05, 4.69) is 18.2 Å². The van der Waals surface area contributed by atoms with Crippen molar-refractivity contribution in [2.75, 3.05) is 20.7 Å². The summed E-state index contributed by atoms with van der Waals surface area (Å²) in [5.41, 5.74) is 3.53. The fourth-order valence-electron chi connectivity index (χ4n) is 3.03. The Morgan fingerprint density at radius 3 is 2.79 bits per heavy atom. The molecule has 1 aliphatic heterocycles. The third-order valence-corrected chi connectivity index (χ3v) is 4.43. The maximum atomic E-state index is 12.5. The second-order valence-corrected chi connectivity index (χ2v) is 6.21. The van der Waals surface area contributed by atoms with Gasteiger partial charge in [0.25, 0.3) is 0 Å². The van der Waals surface area contributed by atoms with E-state index in [-0.39, 0.29) is 12.0 Å². The molecule has 24 heavy (non-hydrogen) atoms. The van der Waals surface area contributed by atoms with E-state index in [9.17, 15) is 4.79 Å². The number of amides is 1. The number of nitrogens with zero attached hydrogens (tertiary/aromatic N) is 1. The highest BCUT2D eigenvalue weighted by molar-refractivity contribution is 5.78. The average molecular weight is 325 g/mol. The minimum Gasteiger partial charge on any atom is -0.497 e. The Balaban J connectivity index is 1.57. The van der Waals surface area contributed by atoms with E-state index >= 15 is 0 Å². The summed E-state index contributed by atoms with van der Waals surface area (Å²) in [4.78, 5) is 14.2. The van der Waals surface area contributed by atoms with Crippen LogP contribution in [0, 0.1) is 0 Å². The number of carbonyl (C=O) groups is 1. The van der Waals surface area contributed by atoms with E-state index in [0.717, 1.165) is 17.7 Å². The van der Waals surface area contributed by atoms with Gasteiger partial charge in [0, 0.05) is 20.0 Å². The van der Waals surface area contributed by atoms with Crippen LogP contribution in [0.5, 0.6) is 5.75 Å². The molecule has 3 rings (SSSR count). The standard InChI is InChI=1S/C20H23NO3/c1-21(20(22)11-15-6-5-9-18(10-15)23-2)13-19-12-16-7-3-4-8-17(16)14-24-19/h3-10,19H,11-14H2,1-2H3. The minimum absolute atomic E-state index is 0.0548. The lowest BCUT2D eigenvalue weighted by Gasteiger charge is -2.29. The fraction of sp³-hybridized carbons (Fsp3) is 0.350. The number of likely N-dealkylation sites (N-methyl/N-ethyl adjacent to an activating group) is 1. The van der Waals surface area contributed by atoms with Gasteiger partial charge in [0.1, 0.15) is 5.75 Å². The molecule has 0 bridgehead atoms. The van der Waals surface area contributed by atoms with Crippen LogP contribution in [0.15, 0.2) is 48.5 Å². The highest BCUT2D eigenvalue weighted by atomic mass is 16.5. The van der Waals surface area contributed by atoms with Crippen LogP contribution in [0.25, 0.3) is 0 Å². The molecule has 2 aromatic carbocycles. The van der Waals surface area contributed by atoms with E-state index < -0.39 is 0 Å². The number of hydrogen-bond donors (Lipinski definition) is 0. The molecule has 1 aliphatic rings. The van der Waals surface area contributed by atoms with Crippen LogP contribution < -0.4 is 4.74 Å². The zero-order valence-corrected chi connectivity index (χ0v) is 14.2. The first-order chi connectivity index (χ1) is 11.7. The van der Waals surface area contributed by atoms with Crippen LogP contribution >= 0.6 is 0 Å². The van der Waals surface area contributed by atoms with Gasteiger partial charge in [-0.15, -0.1) is 0 Å². The molecule has 126 valence electrons. The Kier molecular flexibility index (Phi) is 5.16. The normalized spacial score (nSPS) is 16.3. The Morgan fingerprint density at radius 1 is 1.21 bits per heavy atom. The van der Waals surface area contributed by atoms with E-state index in [1.165, 1.54) is 11.1 Å². The van der Waals surface area contributed by atoms with E-state index in [4.69, 9.17) is 9.47 Å². The highest BCUT2D eigenvalue weighted by Gasteiger charge is 2.22. The summed E-state index contributed by atoms with van der Waals surface area (Å²) in [5, 5.41) is 0. The summed E-state index contributed by atoms with van der Waals surface area (Å²) in [6.45, 7) is 1.23. The van der Waals surface area contributed by atoms with Crippen molar-refractivity contribution in [1.29, 1.82) is 0 Å². The van der Waals surface area contributed by atoms with Gasteiger partial charge >= 0.3 is 0 Å².